The van der Waals surface area contributed by atoms with Gasteiger partial charge in [-0.2, -0.15) is 0 Å². The maximum atomic E-state index is 9.97. The lowest BCUT2D eigenvalue weighted by Crippen LogP contribution is -2.11. The summed E-state index contributed by atoms with van der Waals surface area (Å²) in [5, 5.41) is 0. The lowest BCUT2D eigenvalue weighted by molar-refractivity contribution is 0.187. The Bertz CT molecular complexity index is 105. The summed E-state index contributed by atoms with van der Waals surface area (Å²) in [6.07, 6.45) is 0. The van der Waals surface area contributed by atoms with E-state index in [0.29, 0.717) is 6.61 Å². The maximum Gasteiger partial charge on any atom is 0.366 e. The van der Waals surface area contributed by atoms with Crippen LogP contribution in [0, 0.1) is 5.41 Å². The second kappa shape index (κ2) is 3.25. The highest BCUT2D eigenvalue weighted by atomic mass is 31.1. The van der Waals surface area contributed by atoms with Crippen molar-refractivity contribution in [2.45, 2.75) is 20.8 Å². The topological polar surface area (TPSA) is 46.5 Å². The van der Waals surface area contributed by atoms with Crippen LogP contribution < -0.4 is 0 Å². The van der Waals surface area contributed by atoms with Gasteiger partial charge < -0.3 is 0 Å². The summed E-state index contributed by atoms with van der Waals surface area (Å²) in [7, 11) is -2.41. The first-order valence-corrected chi connectivity index (χ1v) is 3.84. The molecule has 3 nitrogen and oxygen atoms in total. The highest BCUT2D eigenvalue weighted by Gasteiger charge is 2.11. The van der Waals surface area contributed by atoms with Crippen LogP contribution in [0.4, 0.5) is 0 Å². The average molecular weight is 151 g/mol. The zero-order chi connectivity index (χ0) is 7.49. The minimum absolute atomic E-state index is 0.0340. The fourth-order valence-electron chi connectivity index (χ4n) is 0.249. The van der Waals surface area contributed by atoms with Gasteiger partial charge in [-0.3, -0.25) is 9.42 Å². The van der Waals surface area contributed by atoms with Gasteiger partial charge in [-0.15, -0.1) is 0 Å². The Morgan fingerprint density at radius 2 is 2.00 bits per heavy atom. The summed E-state index contributed by atoms with van der Waals surface area (Å²) >= 11 is 0. The van der Waals surface area contributed by atoms with Crippen LogP contribution >= 0.6 is 8.25 Å². The van der Waals surface area contributed by atoms with E-state index in [1.165, 1.54) is 0 Å². The zero-order valence-electron chi connectivity index (χ0n) is 5.92. The summed E-state index contributed by atoms with van der Waals surface area (Å²) in [5.74, 6) is 0. The van der Waals surface area contributed by atoms with Crippen molar-refractivity contribution in [3.8, 4) is 0 Å². The standard InChI is InChI=1S/C5H12O3P/c1-5(2,3)4-8-9(6)7/h4H2,1-3H3,(H,6,7). The molecule has 0 spiro atoms. The molecule has 0 fully saturated rings. The van der Waals surface area contributed by atoms with Gasteiger partial charge in [-0.1, -0.05) is 20.8 Å². The van der Waals surface area contributed by atoms with E-state index in [-0.39, 0.29) is 5.41 Å². The summed E-state index contributed by atoms with van der Waals surface area (Å²) in [4.78, 5) is 8.20. The molecule has 0 amide bonds. The molecule has 0 aromatic rings. The molecule has 0 aromatic carbocycles. The van der Waals surface area contributed by atoms with Crippen molar-refractivity contribution in [3.63, 3.8) is 0 Å². The van der Waals surface area contributed by atoms with E-state index in [1.807, 2.05) is 20.8 Å². The lowest BCUT2D eigenvalue weighted by atomic mass is 9.99. The highest BCUT2D eigenvalue weighted by molar-refractivity contribution is 7.32. The molecule has 4 heteroatoms. The first-order valence-electron chi connectivity index (χ1n) is 2.71. The molecule has 1 atom stereocenters. The molecule has 0 aliphatic carbocycles. The van der Waals surface area contributed by atoms with Gasteiger partial charge in [0.1, 0.15) is 0 Å². The van der Waals surface area contributed by atoms with Crippen LogP contribution in [0.2, 0.25) is 0 Å². The van der Waals surface area contributed by atoms with E-state index in [0.717, 1.165) is 0 Å². The average Bonchev–Trinajstić information content (AvgIpc) is 1.59. The van der Waals surface area contributed by atoms with Gasteiger partial charge in [-0.05, 0) is 5.41 Å². The van der Waals surface area contributed by atoms with Gasteiger partial charge >= 0.3 is 8.25 Å². The molecule has 0 aromatic heterocycles. The molecule has 1 N–H and O–H groups in total. The van der Waals surface area contributed by atoms with Crippen LogP contribution in [0.15, 0.2) is 0 Å². The van der Waals surface area contributed by atoms with E-state index in [1.54, 1.807) is 0 Å². The Morgan fingerprint density at radius 3 is 2.11 bits per heavy atom. The number of hydrogen-bond acceptors (Lipinski definition) is 2. The van der Waals surface area contributed by atoms with Gasteiger partial charge in [0.15, 0.2) is 0 Å². The van der Waals surface area contributed by atoms with E-state index in [9.17, 15) is 4.57 Å². The Kier molecular flexibility index (Phi) is 3.26. The first kappa shape index (κ1) is 9.02. The fourth-order valence-corrected chi connectivity index (χ4v) is 0.747. The highest BCUT2D eigenvalue weighted by Crippen LogP contribution is 2.21. The van der Waals surface area contributed by atoms with E-state index < -0.39 is 8.25 Å². The molecule has 1 unspecified atom stereocenters. The molecule has 0 aliphatic heterocycles. The molecule has 0 saturated carbocycles. The van der Waals surface area contributed by atoms with Gasteiger partial charge in [0, 0.05) is 0 Å². The normalized spacial score (nSPS) is 13.6. The van der Waals surface area contributed by atoms with Crippen LogP contribution in [-0.4, -0.2) is 11.5 Å². The SMILES string of the molecule is CC(C)(C)CO[P](=O)O. The van der Waals surface area contributed by atoms with Gasteiger partial charge in [0.25, 0.3) is 0 Å². The van der Waals surface area contributed by atoms with Crippen LogP contribution in [0.3, 0.4) is 0 Å². The quantitative estimate of drug-likeness (QED) is 0.611. The summed E-state index contributed by atoms with van der Waals surface area (Å²) in [6, 6.07) is 0. The third-order valence-electron chi connectivity index (χ3n) is 0.608. The summed E-state index contributed by atoms with van der Waals surface area (Å²) < 4.78 is 14.4. The number of hydrogen-bond donors (Lipinski definition) is 1. The van der Waals surface area contributed by atoms with Gasteiger partial charge in [-0.25, -0.2) is 4.57 Å². The van der Waals surface area contributed by atoms with Crippen molar-refractivity contribution >= 4 is 8.25 Å². The van der Waals surface area contributed by atoms with E-state index in [4.69, 9.17) is 4.89 Å². The molecule has 0 aliphatic rings. The maximum absolute atomic E-state index is 9.97. The van der Waals surface area contributed by atoms with E-state index >= 15 is 0 Å². The van der Waals surface area contributed by atoms with Gasteiger partial charge in [0.2, 0.25) is 0 Å². The third kappa shape index (κ3) is 8.02. The monoisotopic (exact) mass is 151 g/mol. The first-order chi connectivity index (χ1) is 3.92. The minimum atomic E-state index is -2.41. The predicted octanol–water partition coefficient (Wildman–Crippen LogP) is 1.70. The van der Waals surface area contributed by atoms with Crippen LogP contribution in [0.1, 0.15) is 20.8 Å². The Labute approximate surface area is 56.0 Å². The molecule has 1 radical (unpaired) electrons. The van der Waals surface area contributed by atoms with Crippen molar-refractivity contribution in [2.75, 3.05) is 6.61 Å². The molecule has 0 rings (SSSR count). The second-order valence-corrected chi connectivity index (χ2v) is 3.81. The van der Waals surface area contributed by atoms with Gasteiger partial charge in [0.05, 0.1) is 6.61 Å². The van der Waals surface area contributed by atoms with Crippen molar-refractivity contribution in [1.82, 2.24) is 0 Å². The van der Waals surface area contributed by atoms with Crippen LogP contribution in [0.25, 0.3) is 0 Å². The van der Waals surface area contributed by atoms with Crippen molar-refractivity contribution < 1.29 is 14.0 Å². The Balaban J connectivity index is 3.39. The molecule has 0 bridgehead atoms. The zero-order valence-corrected chi connectivity index (χ0v) is 6.81. The molecule has 55 valence electrons. The fraction of sp³-hybridized carbons (Fsp3) is 1.00. The lowest BCUT2D eigenvalue weighted by Gasteiger charge is -2.15. The van der Waals surface area contributed by atoms with Crippen molar-refractivity contribution in [2.24, 2.45) is 5.41 Å². The Hall–Kier alpha value is 0.0200. The summed E-state index contributed by atoms with van der Waals surface area (Å²) in [5.41, 5.74) is -0.0340. The Morgan fingerprint density at radius 1 is 1.56 bits per heavy atom. The van der Waals surface area contributed by atoms with Crippen LogP contribution in [0.5, 0.6) is 0 Å². The molecule has 9 heavy (non-hydrogen) atoms. The second-order valence-electron chi connectivity index (χ2n) is 3.07. The molecular weight excluding hydrogens is 139 g/mol. The molecule has 0 saturated heterocycles. The molecule has 0 heterocycles. The number of rotatable bonds is 2. The summed E-state index contributed by atoms with van der Waals surface area (Å²) in [6.45, 7) is 6.13. The predicted molar refractivity (Wildman–Crippen MR) is 35.2 cm³/mol. The largest absolute Gasteiger partial charge is 0.366 e. The van der Waals surface area contributed by atoms with Crippen molar-refractivity contribution in [3.05, 3.63) is 0 Å². The smallest absolute Gasteiger partial charge is 0.298 e. The van der Waals surface area contributed by atoms with Crippen molar-refractivity contribution in [1.29, 1.82) is 0 Å². The third-order valence-corrected chi connectivity index (χ3v) is 0.958. The van der Waals surface area contributed by atoms with Crippen LogP contribution in [-0.2, 0) is 9.09 Å². The minimum Gasteiger partial charge on any atom is -0.298 e. The molecular formula is C5H12O3P. The van der Waals surface area contributed by atoms with E-state index in [2.05, 4.69) is 4.52 Å².